The van der Waals surface area contributed by atoms with Crippen molar-refractivity contribution < 1.29 is 0 Å². The summed E-state index contributed by atoms with van der Waals surface area (Å²) in [7, 11) is 0. The van der Waals surface area contributed by atoms with Gasteiger partial charge in [0.05, 0.1) is 23.3 Å². The highest BCUT2D eigenvalue weighted by atomic mass is 15.2. The molecule has 1 atom stereocenters. The van der Waals surface area contributed by atoms with Crippen LogP contribution in [0.5, 0.6) is 0 Å². The van der Waals surface area contributed by atoms with E-state index in [0.29, 0.717) is 4.90 Å². The Morgan fingerprint density at radius 3 is 1.72 bits per heavy atom. The van der Waals surface area contributed by atoms with Crippen molar-refractivity contribution in [2.45, 2.75) is 6.04 Å². The largest absolute Gasteiger partial charge is 0.246 e. The molecular weight excluding hydrogens is 230 g/mol. The fourth-order valence-electron chi connectivity index (χ4n) is 1.45. The van der Waals surface area contributed by atoms with Gasteiger partial charge in [-0.25, -0.2) is 4.90 Å². The Labute approximate surface area is 102 Å². The second kappa shape index (κ2) is 4.83. The predicted molar refractivity (Wildman–Crippen MR) is 53.4 cm³/mol. The zero-order chi connectivity index (χ0) is 13.7. The molecule has 0 spiro atoms. The molecule has 1 rings (SSSR count). The van der Waals surface area contributed by atoms with Crippen molar-refractivity contribution in [3.8, 4) is 36.5 Å². The number of hydrogen-bond donors (Lipinski definition) is 0. The molecule has 1 aliphatic rings. The third kappa shape index (κ3) is 1.48. The zero-order valence-corrected chi connectivity index (χ0v) is 8.71. The first-order chi connectivity index (χ1) is 8.69. The monoisotopic (exact) mass is 231 g/mol. The lowest BCUT2D eigenvalue weighted by molar-refractivity contribution is 0.466. The van der Waals surface area contributed by atoms with Crippen molar-refractivity contribution in [1.82, 2.24) is 4.90 Å². The number of allylic oxidation sites excluding steroid dienone is 3. The average Bonchev–Trinajstić information content (AvgIpc) is 2.43. The molecule has 1 unspecified atom stereocenters. The van der Waals surface area contributed by atoms with Gasteiger partial charge in [-0.3, -0.25) is 0 Å². The van der Waals surface area contributed by atoms with Crippen LogP contribution in [0.2, 0.25) is 0 Å². The van der Waals surface area contributed by atoms with Crippen molar-refractivity contribution >= 4 is 0 Å². The summed E-state index contributed by atoms with van der Waals surface area (Å²) in [4.78, 5) is 0.651. The lowest BCUT2D eigenvalue weighted by Gasteiger charge is -2.25. The molecule has 0 saturated carbocycles. The van der Waals surface area contributed by atoms with E-state index in [4.69, 9.17) is 31.6 Å². The van der Waals surface area contributed by atoms with E-state index in [2.05, 4.69) is 0 Å². The van der Waals surface area contributed by atoms with Crippen molar-refractivity contribution in [3.05, 3.63) is 22.4 Å². The quantitative estimate of drug-likeness (QED) is 0.545. The molecule has 0 aliphatic carbocycles. The van der Waals surface area contributed by atoms with E-state index in [1.807, 2.05) is 0 Å². The Hall–Kier alpha value is -3.78. The summed E-state index contributed by atoms with van der Waals surface area (Å²) in [6.45, 7) is 0. The van der Waals surface area contributed by atoms with Gasteiger partial charge in [-0.2, -0.15) is 31.6 Å². The van der Waals surface area contributed by atoms with Crippen LogP contribution in [0.1, 0.15) is 0 Å². The maximum Gasteiger partial charge on any atom is 0.186 e. The normalized spacial score (nSPS) is 17.7. The van der Waals surface area contributed by atoms with Crippen molar-refractivity contribution in [2.24, 2.45) is 0 Å². The number of hydrogen-bond acceptors (Lipinski definition) is 7. The first kappa shape index (κ1) is 12.3. The van der Waals surface area contributed by atoms with Gasteiger partial charge in [0.15, 0.2) is 12.2 Å². The maximum absolute atomic E-state index is 8.93. The fraction of sp³-hybridized carbons (Fsp3) is 0.0909. The molecule has 7 heteroatoms. The molecule has 0 bridgehead atoms. The van der Waals surface area contributed by atoms with Gasteiger partial charge in [-0.05, 0) is 0 Å². The van der Waals surface area contributed by atoms with E-state index >= 15 is 0 Å². The third-order valence-electron chi connectivity index (χ3n) is 2.21. The Balaban J connectivity index is 3.80. The van der Waals surface area contributed by atoms with Crippen LogP contribution in [0, 0.1) is 68.1 Å². The predicted octanol–water partition coefficient (Wildman–Crippen LogP) is 0.320. The minimum atomic E-state index is -1.36. The van der Waals surface area contributed by atoms with E-state index in [9.17, 15) is 0 Å². The molecule has 7 nitrogen and oxygen atoms in total. The van der Waals surface area contributed by atoms with Crippen LogP contribution in [0.3, 0.4) is 0 Å². The highest BCUT2D eigenvalue weighted by molar-refractivity contribution is 5.65. The SMILES string of the molecule is N#CC1=C(C#N)C(C#N)N(C#N)C(C#N)=C1C#N. The standard InChI is InChI=1S/C11HN7/c12-1-7-8(2-13)10(4-15)18(6-17)11(5-16)9(7)3-14/h10H. The van der Waals surface area contributed by atoms with E-state index in [-0.39, 0.29) is 16.7 Å². The van der Waals surface area contributed by atoms with Gasteiger partial charge < -0.3 is 0 Å². The summed E-state index contributed by atoms with van der Waals surface area (Å²) in [5.41, 5.74) is -1.42. The van der Waals surface area contributed by atoms with E-state index < -0.39 is 11.7 Å². The van der Waals surface area contributed by atoms with Crippen molar-refractivity contribution in [1.29, 1.82) is 31.6 Å². The molecule has 0 amide bonds. The molecule has 0 saturated heterocycles. The smallest absolute Gasteiger partial charge is 0.186 e. The van der Waals surface area contributed by atoms with E-state index in [1.165, 1.54) is 0 Å². The van der Waals surface area contributed by atoms with Crippen molar-refractivity contribution in [3.63, 3.8) is 0 Å². The van der Waals surface area contributed by atoms with Gasteiger partial charge in [-0.15, -0.1) is 0 Å². The summed E-state index contributed by atoms with van der Waals surface area (Å²) >= 11 is 0. The molecule has 0 radical (unpaired) electrons. The molecule has 18 heavy (non-hydrogen) atoms. The summed E-state index contributed by atoms with van der Waals surface area (Å²) in [5, 5.41) is 53.5. The molecular formula is C11HN7. The maximum atomic E-state index is 8.93. The van der Waals surface area contributed by atoms with Crippen LogP contribution in [0.25, 0.3) is 0 Å². The molecule has 0 aromatic heterocycles. The molecule has 0 fully saturated rings. The third-order valence-corrected chi connectivity index (χ3v) is 2.21. The Kier molecular flexibility index (Phi) is 3.30. The molecule has 80 valence electrons. The Morgan fingerprint density at radius 1 is 0.778 bits per heavy atom. The highest BCUT2D eigenvalue weighted by Crippen LogP contribution is 2.30. The zero-order valence-electron chi connectivity index (χ0n) is 8.71. The minimum absolute atomic E-state index is 0.308. The van der Waals surface area contributed by atoms with Crippen LogP contribution in [-0.2, 0) is 0 Å². The summed E-state index contributed by atoms with van der Waals surface area (Å²) < 4.78 is 0. The summed E-state index contributed by atoms with van der Waals surface area (Å²) in [6, 6.07) is 6.74. The van der Waals surface area contributed by atoms with Gasteiger partial charge >= 0.3 is 0 Å². The van der Waals surface area contributed by atoms with Crippen LogP contribution in [-0.4, -0.2) is 10.9 Å². The number of rotatable bonds is 0. The van der Waals surface area contributed by atoms with Gasteiger partial charge in [-0.1, -0.05) is 0 Å². The van der Waals surface area contributed by atoms with Crippen LogP contribution < -0.4 is 0 Å². The molecule has 1 aliphatic heterocycles. The second-order valence-corrected chi connectivity index (χ2v) is 2.96. The molecule has 1 heterocycles. The van der Waals surface area contributed by atoms with Gasteiger partial charge in [0.2, 0.25) is 0 Å². The van der Waals surface area contributed by atoms with Gasteiger partial charge in [0.25, 0.3) is 0 Å². The van der Waals surface area contributed by atoms with Crippen molar-refractivity contribution in [2.75, 3.05) is 0 Å². The van der Waals surface area contributed by atoms with Crippen LogP contribution in [0.4, 0.5) is 0 Å². The van der Waals surface area contributed by atoms with Crippen LogP contribution in [0.15, 0.2) is 22.4 Å². The first-order valence-corrected chi connectivity index (χ1v) is 4.37. The topological polar surface area (TPSA) is 146 Å². The molecule has 0 aromatic rings. The van der Waals surface area contributed by atoms with E-state index in [1.54, 1.807) is 36.5 Å². The first-order valence-electron chi connectivity index (χ1n) is 4.37. The lowest BCUT2D eigenvalue weighted by atomic mass is 9.91. The summed E-state index contributed by atoms with van der Waals surface area (Å²) in [6.07, 6.45) is 1.56. The Morgan fingerprint density at radius 2 is 1.39 bits per heavy atom. The molecule has 0 N–H and O–H groups in total. The van der Waals surface area contributed by atoms with Crippen LogP contribution >= 0.6 is 0 Å². The fourth-order valence-corrected chi connectivity index (χ4v) is 1.45. The lowest BCUT2D eigenvalue weighted by Crippen LogP contribution is -2.35. The second-order valence-electron chi connectivity index (χ2n) is 2.96. The van der Waals surface area contributed by atoms with Gasteiger partial charge in [0, 0.05) is 0 Å². The van der Waals surface area contributed by atoms with Gasteiger partial charge in [0.1, 0.15) is 29.5 Å². The number of nitriles is 6. The minimum Gasteiger partial charge on any atom is -0.246 e. The Bertz CT molecular complexity index is 648. The summed E-state index contributed by atoms with van der Waals surface area (Å²) in [5.74, 6) is 0. The number of nitrogens with zero attached hydrogens (tertiary/aromatic N) is 7. The average molecular weight is 231 g/mol. The molecule has 0 aromatic carbocycles. The highest BCUT2D eigenvalue weighted by Gasteiger charge is 2.36. The van der Waals surface area contributed by atoms with E-state index in [0.717, 1.165) is 0 Å².